The fourth-order valence-corrected chi connectivity index (χ4v) is 1.89. The molecule has 3 heteroatoms. The van der Waals surface area contributed by atoms with Crippen LogP contribution in [-0.2, 0) is 0 Å². The molecule has 17 heavy (non-hydrogen) atoms. The van der Waals surface area contributed by atoms with Gasteiger partial charge in [-0.05, 0) is 31.5 Å². The number of ketones is 1. The van der Waals surface area contributed by atoms with E-state index in [0.29, 0.717) is 17.2 Å². The number of Topliss-reactive ketones (excluding diaryl/α,β-unsaturated/α-hetero) is 1. The second kappa shape index (κ2) is 7.33. The molecule has 94 valence electrons. The summed E-state index contributed by atoms with van der Waals surface area (Å²) in [5.41, 5.74) is 0.546. The molecule has 0 spiro atoms. The Bertz CT molecular complexity index is 374. The van der Waals surface area contributed by atoms with Gasteiger partial charge in [0.15, 0.2) is 5.78 Å². The van der Waals surface area contributed by atoms with Crippen LogP contribution in [0.25, 0.3) is 0 Å². The van der Waals surface area contributed by atoms with Crippen LogP contribution in [-0.4, -0.2) is 12.4 Å². The van der Waals surface area contributed by atoms with Crippen molar-refractivity contribution in [2.75, 3.05) is 6.61 Å². The Morgan fingerprint density at radius 3 is 2.65 bits per heavy atom. The molecule has 0 bridgehead atoms. The van der Waals surface area contributed by atoms with Crippen molar-refractivity contribution < 1.29 is 9.53 Å². The standard InChI is InChI=1S/C14H19ClO2/c1-3-4-5-6-9-17-12-7-8-13(11(2)16)14(15)10-12/h7-8,10H,3-6,9H2,1-2H3. The van der Waals surface area contributed by atoms with Gasteiger partial charge in [0.25, 0.3) is 0 Å². The second-order valence-corrected chi connectivity index (χ2v) is 4.51. The number of hydrogen-bond donors (Lipinski definition) is 0. The molecule has 0 aromatic heterocycles. The maximum atomic E-state index is 11.2. The van der Waals surface area contributed by atoms with Crippen molar-refractivity contribution in [2.24, 2.45) is 0 Å². The minimum atomic E-state index is -0.0236. The highest BCUT2D eigenvalue weighted by Crippen LogP contribution is 2.23. The average Bonchev–Trinajstić information content (AvgIpc) is 2.28. The minimum Gasteiger partial charge on any atom is -0.494 e. The third-order valence-electron chi connectivity index (χ3n) is 2.59. The van der Waals surface area contributed by atoms with Crippen molar-refractivity contribution in [2.45, 2.75) is 39.5 Å². The first-order valence-electron chi connectivity index (χ1n) is 6.08. The van der Waals surface area contributed by atoms with Crippen molar-refractivity contribution in [3.05, 3.63) is 28.8 Å². The third kappa shape index (κ3) is 4.78. The summed E-state index contributed by atoms with van der Waals surface area (Å²) in [4.78, 5) is 11.2. The Balaban J connectivity index is 2.45. The number of halogens is 1. The van der Waals surface area contributed by atoms with E-state index in [4.69, 9.17) is 16.3 Å². The molecule has 0 aliphatic carbocycles. The first-order chi connectivity index (χ1) is 8.15. The summed E-state index contributed by atoms with van der Waals surface area (Å²) in [5.74, 6) is 0.709. The van der Waals surface area contributed by atoms with Crippen LogP contribution in [0.4, 0.5) is 0 Å². The van der Waals surface area contributed by atoms with Gasteiger partial charge in [-0.25, -0.2) is 0 Å². The molecule has 0 atom stereocenters. The number of rotatable bonds is 7. The summed E-state index contributed by atoms with van der Waals surface area (Å²) in [5, 5.41) is 0.462. The molecule has 0 heterocycles. The summed E-state index contributed by atoms with van der Waals surface area (Å²) < 4.78 is 5.57. The van der Waals surface area contributed by atoms with Gasteiger partial charge < -0.3 is 4.74 Å². The van der Waals surface area contributed by atoms with Gasteiger partial charge in [0.1, 0.15) is 5.75 Å². The van der Waals surface area contributed by atoms with Crippen molar-refractivity contribution in [3.8, 4) is 5.75 Å². The second-order valence-electron chi connectivity index (χ2n) is 4.11. The molecule has 0 radical (unpaired) electrons. The fourth-order valence-electron chi connectivity index (χ4n) is 1.59. The molecule has 0 fully saturated rings. The van der Waals surface area contributed by atoms with E-state index in [9.17, 15) is 4.79 Å². The molecule has 0 amide bonds. The topological polar surface area (TPSA) is 26.3 Å². The summed E-state index contributed by atoms with van der Waals surface area (Å²) in [6.07, 6.45) is 4.71. The lowest BCUT2D eigenvalue weighted by molar-refractivity contribution is 0.101. The maximum Gasteiger partial charge on any atom is 0.161 e. The molecule has 0 aliphatic heterocycles. The molecule has 2 nitrogen and oxygen atoms in total. The molecule has 0 N–H and O–H groups in total. The van der Waals surface area contributed by atoms with Gasteiger partial charge in [0.05, 0.1) is 11.6 Å². The van der Waals surface area contributed by atoms with Gasteiger partial charge in [0, 0.05) is 5.56 Å². The van der Waals surface area contributed by atoms with E-state index >= 15 is 0 Å². The molecule has 1 rings (SSSR count). The zero-order valence-electron chi connectivity index (χ0n) is 10.5. The Morgan fingerprint density at radius 1 is 1.29 bits per heavy atom. The van der Waals surface area contributed by atoms with Crippen molar-refractivity contribution in [1.82, 2.24) is 0 Å². The zero-order valence-corrected chi connectivity index (χ0v) is 11.2. The van der Waals surface area contributed by atoms with Gasteiger partial charge >= 0.3 is 0 Å². The predicted octanol–water partition coefficient (Wildman–Crippen LogP) is 4.50. The molecule has 0 aliphatic rings. The molecule has 0 unspecified atom stereocenters. The number of hydrogen-bond acceptors (Lipinski definition) is 2. The number of carbonyl (C=O) groups excluding carboxylic acids is 1. The number of ether oxygens (including phenoxy) is 1. The van der Waals surface area contributed by atoms with Crippen molar-refractivity contribution >= 4 is 17.4 Å². The minimum absolute atomic E-state index is 0.0236. The van der Waals surface area contributed by atoms with Crippen LogP contribution in [0.3, 0.4) is 0 Å². The Morgan fingerprint density at radius 2 is 2.06 bits per heavy atom. The molecule has 1 aromatic carbocycles. The lowest BCUT2D eigenvalue weighted by Crippen LogP contribution is -1.99. The maximum absolute atomic E-state index is 11.2. The van der Waals surface area contributed by atoms with E-state index in [1.54, 1.807) is 18.2 Å². The lowest BCUT2D eigenvalue weighted by Gasteiger charge is -2.07. The van der Waals surface area contributed by atoms with Crippen LogP contribution < -0.4 is 4.74 Å². The van der Waals surface area contributed by atoms with Crippen LogP contribution in [0.15, 0.2) is 18.2 Å². The number of carbonyl (C=O) groups is 1. The third-order valence-corrected chi connectivity index (χ3v) is 2.90. The highest BCUT2D eigenvalue weighted by molar-refractivity contribution is 6.34. The average molecular weight is 255 g/mol. The SMILES string of the molecule is CCCCCCOc1ccc(C(C)=O)c(Cl)c1. The van der Waals surface area contributed by atoms with Crippen molar-refractivity contribution in [3.63, 3.8) is 0 Å². The van der Waals surface area contributed by atoms with Gasteiger partial charge in [0.2, 0.25) is 0 Å². The quantitative estimate of drug-likeness (QED) is 0.529. The van der Waals surface area contributed by atoms with E-state index in [-0.39, 0.29) is 5.78 Å². The van der Waals surface area contributed by atoms with E-state index < -0.39 is 0 Å². The molecule has 1 aromatic rings. The largest absolute Gasteiger partial charge is 0.494 e. The Kier molecular flexibility index (Phi) is 6.06. The van der Waals surface area contributed by atoms with Crippen molar-refractivity contribution in [1.29, 1.82) is 0 Å². The molecule has 0 saturated carbocycles. The highest BCUT2D eigenvalue weighted by atomic mass is 35.5. The fraction of sp³-hybridized carbons (Fsp3) is 0.500. The van der Waals surface area contributed by atoms with E-state index in [1.807, 2.05) is 0 Å². The first kappa shape index (κ1) is 14.0. The van der Waals surface area contributed by atoms with E-state index in [1.165, 1.54) is 26.2 Å². The van der Waals surface area contributed by atoms with Crippen LogP contribution in [0, 0.1) is 0 Å². The predicted molar refractivity (Wildman–Crippen MR) is 71.1 cm³/mol. The van der Waals surface area contributed by atoms with Crippen LogP contribution >= 0.6 is 11.6 Å². The molecule has 0 saturated heterocycles. The number of benzene rings is 1. The van der Waals surface area contributed by atoms with E-state index in [0.717, 1.165) is 12.2 Å². The highest BCUT2D eigenvalue weighted by Gasteiger charge is 2.06. The molecular weight excluding hydrogens is 236 g/mol. The summed E-state index contributed by atoms with van der Waals surface area (Å²) >= 11 is 5.99. The summed E-state index contributed by atoms with van der Waals surface area (Å²) in [6.45, 7) is 4.39. The van der Waals surface area contributed by atoms with Crippen LogP contribution in [0.2, 0.25) is 5.02 Å². The lowest BCUT2D eigenvalue weighted by atomic mass is 10.1. The zero-order chi connectivity index (χ0) is 12.7. The molecular formula is C14H19ClO2. The Labute approximate surface area is 108 Å². The monoisotopic (exact) mass is 254 g/mol. The normalized spacial score (nSPS) is 10.3. The smallest absolute Gasteiger partial charge is 0.161 e. The summed E-state index contributed by atoms with van der Waals surface area (Å²) in [7, 11) is 0. The van der Waals surface area contributed by atoms with Gasteiger partial charge in [-0.15, -0.1) is 0 Å². The van der Waals surface area contributed by atoms with Gasteiger partial charge in [-0.3, -0.25) is 4.79 Å². The van der Waals surface area contributed by atoms with Gasteiger partial charge in [-0.1, -0.05) is 37.8 Å². The van der Waals surface area contributed by atoms with E-state index in [2.05, 4.69) is 6.92 Å². The number of unbranched alkanes of at least 4 members (excludes halogenated alkanes) is 3. The first-order valence-corrected chi connectivity index (χ1v) is 6.46. The van der Waals surface area contributed by atoms with Gasteiger partial charge in [-0.2, -0.15) is 0 Å². The Hall–Kier alpha value is -1.02. The summed E-state index contributed by atoms with van der Waals surface area (Å²) in [6, 6.07) is 5.21. The van der Waals surface area contributed by atoms with Crippen LogP contribution in [0.5, 0.6) is 5.75 Å². The van der Waals surface area contributed by atoms with Crippen LogP contribution in [0.1, 0.15) is 49.9 Å².